The van der Waals surface area contributed by atoms with E-state index in [1.165, 1.54) is 17.4 Å². The summed E-state index contributed by atoms with van der Waals surface area (Å²) in [6.45, 7) is 2.45. The van der Waals surface area contributed by atoms with Gasteiger partial charge in [-0.25, -0.2) is 9.78 Å². The molecule has 0 saturated carbocycles. The van der Waals surface area contributed by atoms with Crippen molar-refractivity contribution in [2.45, 2.75) is 19.8 Å². The van der Waals surface area contributed by atoms with Gasteiger partial charge in [-0.15, -0.1) is 0 Å². The highest BCUT2D eigenvalue weighted by atomic mass is 35.5. The maximum Gasteiger partial charge on any atom is 0.338 e. The summed E-state index contributed by atoms with van der Waals surface area (Å²) in [5.74, 6) is -0.631. The van der Waals surface area contributed by atoms with Crippen LogP contribution in [0.1, 0.15) is 35.7 Å². The van der Waals surface area contributed by atoms with E-state index >= 15 is 0 Å². The lowest BCUT2D eigenvalue weighted by atomic mass is 10.2. The van der Waals surface area contributed by atoms with Crippen LogP contribution in [0, 0.1) is 0 Å². The van der Waals surface area contributed by atoms with Gasteiger partial charge in [-0.1, -0.05) is 48.4 Å². The molecule has 0 bridgehead atoms. The van der Waals surface area contributed by atoms with E-state index in [1.54, 1.807) is 36.4 Å². The number of unbranched alkanes of at least 4 members (excludes halogenated alkanes) is 1. The highest BCUT2D eigenvalue weighted by molar-refractivity contribution is 7.22. The van der Waals surface area contributed by atoms with Gasteiger partial charge in [-0.2, -0.15) is 0 Å². The number of halogens is 1. The zero-order valence-corrected chi connectivity index (χ0v) is 16.8. The largest absolute Gasteiger partial charge is 0.462 e. The number of carbonyl (C=O) groups excluding carboxylic acids is 2. The fourth-order valence-electron chi connectivity index (χ4n) is 2.39. The first kappa shape index (κ1) is 20.0. The Morgan fingerprint density at radius 3 is 2.75 bits per heavy atom. The molecular weight excluding hydrogens is 396 g/mol. The van der Waals surface area contributed by atoms with Gasteiger partial charge >= 0.3 is 5.97 Å². The van der Waals surface area contributed by atoms with Crippen LogP contribution in [0.2, 0.25) is 5.02 Å². The summed E-state index contributed by atoms with van der Waals surface area (Å²) in [6, 6.07) is 12.3. The number of hydrogen-bond acceptors (Lipinski definition) is 5. The van der Waals surface area contributed by atoms with Crippen LogP contribution < -0.4 is 5.32 Å². The molecule has 0 aliphatic carbocycles. The maximum absolute atomic E-state index is 12.1. The van der Waals surface area contributed by atoms with Gasteiger partial charge in [0.05, 0.1) is 22.4 Å². The van der Waals surface area contributed by atoms with Gasteiger partial charge in [0, 0.05) is 11.1 Å². The normalized spacial score (nSPS) is 11.1. The molecule has 3 rings (SSSR count). The first-order valence-electron chi connectivity index (χ1n) is 8.87. The van der Waals surface area contributed by atoms with Gasteiger partial charge in [0.15, 0.2) is 5.13 Å². The number of anilines is 1. The molecule has 144 valence electrons. The Morgan fingerprint density at radius 1 is 1.21 bits per heavy atom. The molecule has 0 aliphatic rings. The SMILES string of the molecule is CCCCOC(=O)c1ccc2nc(NC(=O)/C=C/c3ccc(Cl)cc3)sc2c1. The fraction of sp³-hybridized carbons (Fsp3) is 0.190. The van der Waals surface area contributed by atoms with E-state index in [0.717, 1.165) is 23.1 Å². The number of rotatable bonds is 7. The van der Waals surface area contributed by atoms with Gasteiger partial charge in [0.2, 0.25) is 5.91 Å². The van der Waals surface area contributed by atoms with Crippen molar-refractivity contribution in [2.75, 3.05) is 11.9 Å². The van der Waals surface area contributed by atoms with Gasteiger partial charge in [0.1, 0.15) is 0 Å². The minimum atomic E-state index is -0.347. The monoisotopic (exact) mass is 414 g/mol. The zero-order chi connectivity index (χ0) is 19.9. The van der Waals surface area contributed by atoms with Crippen molar-refractivity contribution in [3.8, 4) is 0 Å². The smallest absolute Gasteiger partial charge is 0.338 e. The van der Waals surface area contributed by atoms with Crippen LogP contribution in [-0.4, -0.2) is 23.5 Å². The third-order valence-electron chi connectivity index (χ3n) is 3.88. The molecule has 0 atom stereocenters. The molecule has 1 aromatic heterocycles. The van der Waals surface area contributed by atoms with Crippen molar-refractivity contribution in [3.05, 3.63) is 64.7 Å². The van der Waals surface area contributed by atoms with Crippen LogP contribution in [-0.2, 0) is 9.53 Å². The molecule has 7 heteroatoms. The molecular formula is C21H19ClN2O3S. The number of benzene rings is 2. The average Bonchev–Trinajstić information content (AvgIpc) is 3.09. The number of hydrogen-bond donors (Lipinski definition) is 1. The van der Waals surface area contributed by atoms with Crippen molar-refractivity contribution in [3.63, 3.8) is 0 Å². The predicted octanol–water partition coefficient (Wildman–Crippen LogP) is 5.56. The van der Waals surface area contributed by atoms with Crippen molar-refractivity contribution < 1.29 is 14.3 Å². The minimum absolute atomic E-state index is 0.284. The molecule has 0 unspecified atom stereocenters. The second-order valence-corrected chi connectivity index (χ2v) is 7.53. The predicted molar refractivity (Wildman–Crippen MR) is 114 cm³/mol. The summed E-state index contributed by atoms with van der Waals surface area (Å²) in [5.41, 5.74) is 2.06. The molecule has 5 nitrogen and oxygen atoms in total. The summed E-state index contributed by atoms with van der Waals surface area (Å²) >= 11 is 7.15. The van der Waals surface area contributed by atoms with E-state index in [9.17, 15) is 9.59 Å². The van der Waals surface area contributed by atoms with Crippen LogP contribution in [0.4, 0.5) is 5.13 Å². The van der Waals surface area contributed by atoms with E-state index in [-0.39, 0.29) is 11.9 Å². The Hall–Kier alpha value is -2.70. The van der Waals surface area contributed by atoms with Gasteiger partial charge in [-0.3, -0.25) is 10.1 Å². The third kappa shape index (κ3) is 5.41. The molecule has 0 spiro atoms. The number of nitrogens with one attached hydrogen (secondary N) is 1. The van der Waals surface area contributed by atoms with Crippen LogP contribution in [0.15, 0.2) is 48.5 Å². The van der Waals surface area contributed by atoms with Crippen molar-refractivity contribution in [1.29, 1.82) is 0 Å². The fourth-order valence-corrected chi connectivity index (χ4v) is 3.42. The molecule has 0 saturated heterocycles. The number of amides is 1. The summed E-state index contributed by atoms with van der Waals surface area (Å²) in [7, 11) is 0. The molecule has 0 radical (unpaired) electrons. The zero-order valence-electron chi connectivity index (χ0n) is 15.3. The van der Waals surface area contributed by atoms with Crippen LogP contribution >= 0.6 is 22.9 Å². The lowest BCUT2D eigenvalue weighted by molar-refractivity contribution is -0.111. The number of ether oxygens (including phenoxy) is 1. The first-order chi connectivity index (χ1) is 13.5. The van der Waals surface area contributed by atoms with E-state index in [0.29, 0.717) is 27.8 Å². The van der Waals surface area contributed by atoms with Crippen LogP contribution in [0.25, 0.3) is 16.3 Å². The quantitative estimate of drug-likeness (QED) is 0.312. The topological polar surface area (TPSA) is 68.3 Å². The number of nitrogens with zero attached hydrogens (tertiary/aromatic N) is 1. The van der Waals surface area contributed by atoms with E-state index < -0.39 is 0 Å². The summed E-state index contributed by atoms with van der Waals surface area (Å²) in [6.07, 6.45) is 4.94. The number of fused-ring (bicyclic) bond motifs is 1. The minimum Gasteiger partial charge on any atom is -0.462 e. The highest BCUT2D eigenvalue weighted by Gasteiger charge is 2.11. The molecule has 2 aromatic carbocycles. The Labute approximate surface area is 172 Å². The number of thiazole rings is 1. The highest BCUT2D eigenvalue weighted by Crippen LogP contribution is 2.27. The Balaban J connectivity index is 1.65. The number of aromatic nitrogens is 1. The van der Waals surface area contributed by atoms with Crippen molar-refractivity contribution in [1.82, 2.24) is 4.98 Å². The second-order valence-electron chi connectivity index (χ2n) is 6.07. The summed E-state index contributed by atoms with van der Waals surface area (Å²) < 4.78 is 6.04. The molecule has 1 N–H and O–H groups in total. The number of carbonyl (C=O) groups is 2. The molecule has 0 aliphatic heterocycles. The van der Waals surface area contributed by atoms with E-state index in [1.807, 2.05) is 19.1 Å². The Bertz CT molecular complexity index is 1010. The number of esters is 1. The third-order valence-corrected chi connectivity index (χ3v) is 5.07. The van der Waals surface area contributed by atoms with Gasteiger partial charge in [-0.05, 0) is 48.4 Å². The molecule has 3 aromatic rings. The Morgan fingerprint density at radius 2 is 2.00 bits per heavy atom. The van der Waals surface area contributed by atoms with E-state index in [2.05, 4.69) is 10.3 Å². The molecule has 1 amide bonds. The molecule has 1 heterocycles. The summed E-state index contributed by atoms with van der Waals surface area (Å²) in [4.78, 5) is 28.6. The maximum atomic E-state index is 12.1. The van der Waals surface area contributed by atoms with Crippen LogP contribution in [0.5, 0.6) is 0 Å². The van der Waals surface area contributed by atoms with Crippen molar-refractivity contribution >= 4 is 56.2 Å². The van der Waals surface area contributed by atoms with Crippen LogP contribution in [0.3, 0.4) is 0 Å². The standard InChI is InChI=1S/C21H19ClN2O3S/c1-2-3-12-27-20(26)15-7-10-17-18(13-15)28-21(23-17)24-19(25)11-6-14-4-8-16(22)9-5-14/h4-11,13H,2-3,12H2,1H3,(H,23,24,25)/b11-6+. The van der Waals surface area contributed by atoms with Crippen molar-refractivity contribution in [2.24, 2.45) is 0 Å². The average molecular weight is 415 g/mol. The molecule has 28 heavy (non-hydrogen) atoms. The lowest BCUT2D eigenvalue weighted by Crippen LogP contribution is -2.07. The van der Waals surface area contributed by atoms with Gasteiger partial charge < -0.3 is 4.74 Å². The molecule has 0 fully saturated rings. The lowest BCUT2D eigenvalue weighted by Gasteiger charge is -2.03. The summed E-state index contributed by atoms with van der Waals surface area (Å²) in [5, 5.41) is 3.86. The Kier molecular flexibility index (Phi) is 6.79. The van der Waals surface area contributed by atoms with Gasteiger partial charge in [0.25, 0.3) is 0 Å². The van der Waals surface area contributed by atoms with E-state index in [4.69, 9.17) is 16.3 Å². The first-order valence-corrected chi connectivity index (χ1v) is 10.1. The second kappa shape index (κ2) is 9.48.